The van der Waals surface area contributed by atoms with Crippen molar-refractivity contribution >= 4 is 26.9 Å². The van der Waals surface area contributed by atoms with Crippen molar-refractivity contribution in [3.8, 4) is 5.75 Å². The van der Waals surface area contributed by atoms with Crippen LogP contribution in [0.5, 0.6) is 5.75 Å². The molecule has 0 aliphatic rings. The Balaban J connectivity index is 2.67. The molecule has 0 aromatic heterocycles. The summed E-state index contributed by atoms with van der Waals surface area (Å²) in [5, 5.41) is 10.6. The van der Waals surface area contributed by atoms with Crippen molar-refractivity contribution in [3.63, 3.8) is 0 Å². The van der Waals surface area contributed by atoms with E-state index in [1.54, 1.807) is 0 Å². The van der Waals surface area contributed by atoms with Crippen LogP contribution in [0, 0.1) is 15.9 Å². The molecule has 1 rings (SSSR count). The van der Waals surface area contributed by atoms with Crippen LogP contribution in [0.4, 0.5) is 10.1 Å². The van der Waals surface area contributed by atoms with Crippen molar-refractivity contribution < 1.29 is 14.1 Å². The monoisotopic (exact) mass is 318 g/mol. The molecule has 0 aliphatic heterocycles. The average molecular weight is 318 g/mol. The van der Waals surface area contributed by atoms with Crippen LogP contribution < -0.4 is 9.09 Å². The first-order chi connectivity index (χ1) is 8.41. The third-order valence-electron chi connectivity index (χ3n) is 2.29. The Bertz CT molecular complexity index is 441. The summed E-state index contributed by atoms with van der Waals surface area (Å²) >= 11 is 1.07. The number of nitrogens with zero attached hydrogens (tertiary/aromatic N) is 2. The van der Waals surface area contributed by atoms with E-state index in [4.69, 9.17) is 4.74 Å². The molecular formula is C11H16AsFN2O3. The molecule has 0 saturated carbocycles. The number of hydrogen-bond donors (Lipinski definition) is 0. The van der Waals surface area contributed by atoms with E-state index in [0.29, 0.717) is 11.0 Å². The zero-order valence-corrected chi connectivity index (χ0v) is 12.8. The summed E-state index contributed by atoms with van der Waals surface area (Å²) in [7, 11) is 3.89. The van der Waals surface area contributed by atoms with E-state index in [1.807, 2.05) is 19.0 Å². The maximum absolute atomic E-state index is 13.5. The zero-order valence-electron chi connectivity index (χ0n) is 10.4. The summed E-state index contributed by atoms with van der Waals surface area (Å²) < 4.78 is 19.3. The molecule has 1 aromatic carbocycles. The predicted octanol–water partition coefficient (Wildman–Crippen LogP) is 0.323. The van der Waals surface area contributed by atoms with Crippen LogP contribution in [0.2, 0.25) is 0 Å². The van der Waals surface area contributed by atoms with Gasteiger partial charge in [0.05, 0.1) is 0 Å². The van der Waals surface area contributed by atoms with Gasteiger partial charge in [-0.3, -0.25) is 0 Å². The van der Waals surface area contributed by atoms with E-state index in [0.717, 1.165) is 35.9 Å². The van der Waals surface area contributed by atoms with Gasteiger partial charge in [0.1, 0.15) is 0 Å². The minimum absolute atomic E-state index is 0.0822. The van der Waals surface area contributed by atoms with Crippen LogP contribution in [0.25, 0.3) is 0 Å². The van der Waals surface area contributed by atoms with E-state index in [9.17, 15) is 14.5 Å². The van der Waals surface area contributed by atoms with Gasteiger partial charge in [0.25, 0.3) is 0 Å². The Hall–Kier alpha value is -1.13. The summed E-state index contributed by atoms with van der Waals surface area (Å²) in [4.78, 5) is 12.0. The number of benzene rings is 1. The normalized spacial score (nSPS) is 10.7. The number of nitro groups is 1. The molecule has 100 valence electrons. The molecule has 0 heterocycles. The number of nitro benzene ring substituents is 1. The van der Waals surface area contributed by atoms with Gasteiger partial charge >= 0.3 is 113 Å². The van der Waals surface area contributed by atoms with Gasteiger partial charge in [0.2, 0.25) is 0 Å². The third kappa shape index (κ3) is 4.27. The van der Waals surface area contributed by atoms with Gasteiger partial charge in [-0.15, -0.1) is 0 Å². The molecular weight excluding hydrogens is 302 g/mol. The molecule has 1 aromatic rings. The minimum atomic E-state index is -0.687. The van der Waals surface area contributed by atoms with Crippen molar-refractivity contribution in [1.29, 1.82) is 0 Å². The molecule has 0 fully saturated rings. The molecule has 0 bridgehead atoms. The Morgan fingerprint density at radius 2 is 2.17 bits per heavy atom. The predicted molar refractivity (Wildman–Crippen MR) is 69.9 cm³/mol. The quantitative estimate of drug-likeness (QED) is 0.328. The molecule has 1 unspecified atom stereocenters. The Kier molecular flexibility index (Phi) is 5.56. The Labute approximate surface area is 114 Å². The second kappa shape index (κ2) is 6.71. The van der Waals surface area contributed by atoms with Crippen molar-refractivity contribution in [2.24, 2.45) is 0 Å². The molecule has 7 heteroatoms. The molecule has 0 N–H and O–H groups in total. The first-order valence-corrected chi connectivity index (χ1v) is 6.64. The summed E-state index contributed by atoms with van der Waals surface area (Å²) in [5.41, 5.74) is -0.201. The molecule has 0 amide bonds. The van der Waals surface area contributed by atoms with Crippen LogP contribution in [0.3, 0.4) is 0 Å². The van der Waals surface area contributed by atoms with E-state index in [2.05, 4.69) is 0 Å². The maximum atomic E-state index is 13.5. The third-order valence-corrected chi connectivity index (χ3v) is 3.26. The molecule has 0 spiro atoms. The molecule has 5 nitrogen and oxygen atoms in total. The first kappa shape index (κ1) is 14.9. The van der Waals surface area contributed by atoms with Crippen molar-refractivity contribution in [2.75, 3.05) is 27.2 Å². The van der Waals surface area contributed by atoms with Gasteiger partial charge in [0.15, 0.2) is 0 Å². The van der Waals surface area contributed by atoms with Gasteiger partial charge in [0, 0.05) is 0 Å². The Morgan fingerprint density at radius 3 is 2.72 bits per heavy atom. The van der Waals surface area contributed by atoms with Gasteiger partial charge in [-0.1, -0.05) is 0 Å². The van der Waals surface area contributed by atoms with Crippen molar-refractivity contribution in [2.45, 2.75) is 6.42 Å². The van der Waals surface area contributed by atoms with Crippen LogP contribution in [0.1, 0.15) is 6.42 Å². The molecule has 1 atom stereocenters. The number of rotatable bonds is 6. The number of halogens is 1. The molecule has 18 heavy (non-hydrogen) atoms. The van der Waals surface area contributed by atoms with E-state index >= 15 is 0 Å². The fourth-order valence-corrected chi connectivity index (χ4v) is 2.10. The fraction of sp³-hybridized carbons (Fsp3) is 0.455. The van der Waals surface area contributed by atoms with Crippen LogP contribution >= 0.6 is 0 Å². The summed E-state index contributed by atoms with van der Waals surface area (Å²) in [6.07, 6.45) is 0.771. The van der Waals surface area contributed by atoms with Gasteiger partial charge in [-0.25, -0.2) is 0 Å². The van der Waals surface area contributed by atoms with Crippen molar-refractivity contribution in [3.05, 3.63) is 28.1 Å². The summed E-state index contributed by atoms with van der Waals surface area (Å²) in [6.45, 7) is 1.23. The number of ether oxygens (including phenoxy) is 1. The molecule has 0 aliphatic carbocycles. The van der Waals surface area contributed by atoms with Crippen molar-refractivity contribution in [1.82, 2.24) is 4.90 Å². The SMILES string of the molecule is CN(C)CCCOc1cc([AsH2])c([N+](=O)[O-])cc1F. The van der Waals surface area contributed by atoms with Gasteiger partial charge in [-0.05, 0) is 0 Å². The number of hydrogen-bond acceptors (Lipinski definition) is 4. The standard InChI is InChI=1S/C11H16AsFN2O3/c1-14(2)4-3-5-18-11-6-8(12)10(15(16)17)7-9(11)13/h6-7H,3-5,12H2,1-2H3. The van der Waals surface area contributed by atoms with Crippen LogP contribution in [-0.2, 0) is 0 Å². The molecule has 0 saturated heterocycles. The summed E-state index contributed by atoms with van der Waals surface area (Å²) in [6, 6.07) is 2.31. The fourth-order valence-electron chi connectivity index (χ4n) is 1.39. The second-order valence-corrected chi connectivity index (χ2v) is 5.41. The molecule has 0 radical (unpaired) electrons. The van der Waals surface area contributed by atoms with E-state index < -0.39 is 10.7 Å². The van der Waals surface area contributed by atoms with Gasteiger partial charge < -0.3 is 0 Å². The van der Waals surface area contributed by atoms with Crippen LogP contribution in [-0.4, -0.2) is 53.9 Å². The topological polar surface area (TPSA) is 55.6 Å². The summed E-state index contributed by atoms with van der Waals surface area (Å²) in [5.74, 6) is -0.605. The second-order valence-electron chi connectivity index (χ2n) is 4.10. The average Bonchev–Trinajstić information content (AvgIpc) is 2.27. The van der Waals surface area contributed by atoms with Crippen LogP contribution in [0.15, 0.2) is 12.1 Å². The zero-order chi connectivity index (χ0) is 13.7. The Morgan fingerprint density at radius 1 is 1.50 bits per heavy atom. The van der Waals surface area contributed by atoms with Gasteiger partial charge in [-0.2, -0.15) is 0 Å². The first-order valence-electron chi connectivity index (χ1n) is 5.42. The van der Waals surface area contributed by atoms with E-state index in [-0.39, 0.29) is 11.4 Å². The van der Waals surface area contributed by atoms with E-state index in [1.165, 1.54) is 6.07 Å².